The van der Waals surface area contributed by atoms with Crippen LogP contribution in [0.4, 0.5) is 0 Å². The minimum atomic E-state index is -0.0430. The predicted octanol–water partition coefficient (Wildman–Crippen LogP) is 10.2. The lowest BCUT2D eigenvalue weighted by Crippen LogP contribution is -2.57. The number of benzene rings is 7. The summed E-state index contributed by atoms with van der Waals surface area (Å²) in [6.45, 7) is -0.0430. The lowest BCUT2D eigenvalue weighted by molar-refractivity contribution is 0.464. The zero-order chi connectivity index (χ0) is 34.9. The maximum absolute atomic E-state index is 6.56. The number of pyridine rings is 2. The van der Waals surface area contributed by atoms with Crippen LogP contribution in [0.15, 0.2) is 176 Å². The maximum atomic E-state index is 6.56. The van der Waals surface area contributed by atoms with E-state index < -0.39 is 0 Å². The summed E-state index contributed by atoms with van der Waals surface area (Å²) in [4.78, 5) is 9.11. The number of para-hydroxylation sites is 2. The Morgan fingerprint density at radius 3 is 1.28 bits per heavy atom. The number of hydrogen-bond donors (Lipinski definition) is 0. The van der Waals surface area contributed by atoms with Gasteiger partial charge in [0.2, 0.25) is 0 Å². The smallest absolute Gasteiger partial charge is 0.260 e. The molecule has 0 saturated heterocycles. The lowest BCUT2D eigenvalue weighted by atomic mass is 9.34. The van der Waals surface area contributed by atoms with Gasteiger partial charge in [-0.3, -0.25) is 9.97 Å². The molecule has 2 aliphatic heterocycles. The van der Waals surface area contributed by atoms with E-state index in [9.17, 15) is 0 Å². The quantitative estimate of drug-likeness (QED) is 0.174. The fourth-order valence-corrected chi connectivity index (χ4v) is 8.17. The number of ether oxygens (including phenoxy) is 2. The average molecular weight is 677 g/mol. The van der Waals surface area contributed by atoms with Crippen LogP contribution in [0.1, 0.15) is 0 Å². The van der Waals surface area contributed by atoms with E-state index in [4.69, 9.17) is 9.47 Å². The van der Waals surface area contributed by atoms with Crippen molar-refractivity contribution in [3.63, 3.8) is 0 Å². The maximum Gasteiger partial charge on any atom is 0.260 e. The molecular weight excluding hydrogens is 647 g/mol. The Bertz CT molecular complexity index is 2700. The Labute approximate surface area is 307 Å². The Balaban J connectivity index is 0.978. The van der Waals surface area contributed by atoms with Crippen LogP contribution in [0.3, 0.4) is 0 Å². The summed E-state index contributed by atoms with van der Waals surface area (Å²) < 4.78 is 13.1. The second kappa shape index (κ2) is 11.8. The third-order valence-electron chi connectivity index (χ3n) is 10.8. The van der Waals surface area contributed by atoms with E-state index in [1.54, 1.807) is 0 Å². The Morgan fingerprint density at radius 1 is 0.358 bits per heavy atom. The molecule has 0 fully saturated rings. The molecule has 0 saturated carbocycles. The first-order valence-electron chi connectivity index (χ1n) is 17.9. The van der Waals surface area contributed by atoms with Gasteiger partial charge in [0.25, 0.3) is 6.71 Å². The number of aromatic nitrogens is 2. The first-order valence-corrected chi connectivity index (χ1v) is 17.9. The molecule has 7 aromatic carbocycles. The van der Waals surface area contributed by atoms with Crippen molar-refractivity contribution >= 4 is 44.9 Å². The molecule has 0 radical (unpaired) electrons. The van der Waals surface area contributed by atoms with Crippen LogP contribution >= 0.6 is 0 Å². The van der Waals surface area contributed by atoms with Gasteiger partial charge in [0, 0.05) is 28.6 Å². The molecule has 5 heteroatoms. The summed E-state index contributed by atoms with van der Waals surface area (Å²) in [5, 5.41) is 2.30. The number of fused-ring (bicyclic) bond motifs is 6. The van der Waals surface area contributed by atoms with E-state index >= 15 is 0 Å². The van der Waals surface area contributed by atoms with E-state index in [1.165, 1.54) is 22.3 Å². The van der Waals surface area contributed by atoms with Gasteiger partial charge in [-0.25, -0.2) is 0 Å². The molecule has 53 heavy (non-hydrogen) atoms. The number of hydrogen-bond acceptors (Lipinski definition) is 4. The van der Waals surface area contributed by atoms with Crippen molar-refractivity contribution in [3.05, 3.63) is 176 Å². The molecule has 0 atom stereocenters. The Hall–Kier alpha value is -6.98. The molecule has 2 aliphatic rings. The summed E-state index contributed by atoms with van der Waals surface area (Å²) in [5.41, 5.74) is 14.6. The van der Waals surface area contributed by atoms with Crippen LogP contribution in [0.2, 0.25) is 0 Å². The van der Waals surface area contributed by atoms with Gasteiger partial charge in [-0.2, -0.15) is 0 Å². The average Bonchev–Trinajstić information content (AvgIpc) is 3.23. The Kier molecular flexibility index (Phi) is 6.61. The Morgan fingerprint density at radius 2 is 0.792 bits per heavy atom. The van der Waals surface area contributed by atoms with Gasteiger partial charge in [0.1, 0.15) is 23.0 Å². The van der Waals surface area contributed by atoms with Crippen LogP contribution in [0.25, 0.3) is 66.3 Å². The van der Waals surface area contributed by atoms with Gasteiger partial charge in [0.15, 0.2) is 0 Å². The molecule has 0 unspecified atom stereocenters. The molecule has 0 N–H and O–H groups in total. The fraction of sp³-hybridized carbons (Fsp3) is 0. The highest BCUT2D eigenvalue weighted by atomic mass is 16.5. The molecule has 2 aromatic heterocycles. The van der Waals surface area contributed by atoms with Crippen LogP contribution in [-0.4, -0.2) is 16.7 Å². The van der Waals surface area contributed by atoms with Gasteiger partial charge in [-0.05, 0) is 104 Å². The molecule has 0 amide bonds. The van der Waals surface area contributed by atoms with Crippen LogP contribution in [0.5, 0.6) is 23.0 Å². The second-order valence-electron chi connectivity index (χ2n) is 13.7. The fourth-order valence-electron chi connectivity index (χ4n) is 8.17. The highest BCUT2D eigenvalue weighted by Gasteiger charge is 2.40. The standard InChI is InChI=1S/C48H29BN2O2/c1-3-8-42-38(6-1)36(24-26-50-42)32-16-12-30(13-17-32)34-20-22-44-40(28-34)49-41-29-35(21-23-45(41)53-47-11-5-10-46(52-44)48(47)49)31-14-18-33(19-15-31)37-25-27-51-43-9-4-2-7-39(37)43/h1-29H. The number of rotatable bonds is 4. The van der Waals surface area contributed by atoms with Crippen molar-refractivity contribution in [2.24, 2.45) is 0 Å². The topological polar surface area (TPSA) is 44.2 Å². The van der Waals surface area contributed by atoms with E-state index in [-0.39, 0.29) is 6.71 Å². The first kappa shape index (κ1) is 29.7. The van der Waals surface area contributed by atoms with Crippen LogP contribution < -0.4 is 25.9 Å². The van der Waals surface area contributed by atoms with Crippen molar-refractivity contribution in [1.82, 2.24) is 9.97 Å². The predicted molar refractivity (Wildman–Crippen MR) is 216 cm³/mol. The van der Waals surface area contributed by atoms with Crippen molar-refractivity contribution in [1.29, 1.82) is 0 Å². The molecule has 9 aromatic rings. The van der Waals surface area contributed by atoms with E-state index in [0.29, 0.717) is 0 Å². The molecule has 0 aliphatic carbocycles. The van der Waals surface area contributed by atoms with E-state index in [1.807, 2.05) is 42.7 Å². The zero-order valence-electron chi connectivity index (χ0n) is 28.5. The largest absolute Gasteiger partial charge is 0.458 e. The minimum Gasteiger partial charge on any atom is -0.458 e. The highest BCUT2D eigenvalue weighted by Crippen LogP contribution is 2.38. The molecular formula is C48H29BN2O2. The van der Waals surface area contributed by atoms with Gasteiger partial charge in [-0.1, -0.05) is 115 Å². The normalized spacial score (nSPS) is 12.4. The first-order chi connectivity index (χ1) is 26.2. The lowest BCUT2D eigenvalue weighted by Gasteiger charge is -2.33. The molecule has 4 heterocycles. The zero-order valence-corrected chi connectivity index (χ0v) is 28.5. The summed E-state index contributed by atoms with van der Waals surface area (Å²) in [5.74, 6) is 3.42. The van der Waals surface area contributed by atoms with Crippen LogP contribution in [-0.2, 0) is 0 Å². The van der Waals surface area contributed by atoms with Gasteiger partial charge >= 0.3 is 0 Å². The van der Waals surface area contributed by atoms with Crippen molar-refractivity contribution < 1.29 is 9.47 Å². The van der Waals surface area contributed by atoms with Crippen molar-refractivity contribution in [2.45, 2.75) is 0 Å². The third-order valence-corrected chi connectivity index (χ3v) is 10.8. The van der Waals surface area contributed by atoms with Crippen LogP contribution in [0, 0.1) is 0 Å². The van der Waals surface area contributed by atoms with Crippen molar-refractivity contribution in [3.8, 4) is 67.5 Å². The number of nitrogens with zero attached hydrogens (tertiary/aromatic N) is 2. The van der Waals surface area contributed by atoms with Gasteiger partial charge < -0.3 is 9.47 Å². The SMILES string of the molecule is c1cc2c3c(c1)Oc1ccc(-c4ccc(-c5ccnc6ccccc56)cc4)cc1B3c1cc(-c3ccc(-c4ccnc5ccccc45)cc3)ccc1O2. The summed E-state index contributed by atoms with van der Waals surface area (Å²) in [7, 11) is 0. The van der Waals surface area contributed by atoms with Gasteiger partial charge in [-0.15, -0.1) is 0 Å². The molecule has 11 rings (SSSR count). The third kappa shape index (κ3) is 4.85. The van der Waals surface area contributed by atoms with Gasteiger partial charge in [0.05, 0.1) is 11.0 Å². The molecule has 0 bridgehead atoms. The summed E-state index contributed by atoms with van der Waals surface area (Å²) >= 11 is 0. The monoisotopic (exact) mass is 676 g/mol. The summed E-state index contributed by atoms with van der Waals surface area (Å²) in [6, 6.07) is 57.7. The molecule has 246 valence electrons. The summed E-state index contributed by atoms with van der Waals surface area (Å²) in [6.07, 6.45) is 3.77. The minimum absolute atomic E-state index is 0.0430. The molecule has 0 spiro atoms. The van der Waals surface area contributed by atoms with E-state index in [0.717, 1.165) is 83.4 Å². The van der Waals surface area contributed by atoms with Crippen molar-refractivity contribution in [2.75, 3.05) is 0 Å². The highest BCUT2D eigenvalue weighted by molar-refractivity contribution is 6.98. The second-order valence-corrected chi connectivity index (χ2v) is 13.7. The van der Waals surface area contributed by atoms with E-state index in [2.05, 4.69) is 143 Å². The molecule has 4 nitrogen and oxygen atoms in total.